The Morgan fingerprint density at radius 3 is 2.71 bits per heavy atom. The van der Waals surface area contributed by atoms with Crippen LogP contribution in [0.25, 0.3) is 0 Å². The molecule has 1 aliphatic heterocycles. The Kier molecular flexibility index (Phi) is 7.09. The van der Waals surface area contributed by atoms with Gasteiger partial charge in [0.25, 0.3) is 5.91 Å². The summed E-state index contributed by atoms with van der Waals surface area (Å²) in [5.41, 5.74) is 2.89. The van der Waals surface area contributed by atoms with Crippen LogP contribution in [0.5, 0.6) is 0 Å². The summed E-state index contributed by atoms with van der Waals surface area (Å²) < 4.78 is 0. The van der Waals surface area contributed by atoms with Gasteiger partial charge in [-0.1, -0.05) is 29.8 Å². The Morgan fingerprint density at radius 1 is 1.21 bits per heavy atom. The molecular formula is C22H27N3O2S. The van der Waals surface area contributed by atoms with Crippen molar-refractivity contribution in [2.24, 2.45) is 5.92 Å². The average molecular weight is 398 g/mol. The van der Waals surface area contributed by atoms with Gasteiger partial charge in [0.15, 0.2) is 0 Å². The zero-order valence-electron chi connectivity index (χ0n) is 16.5. The molecule has 2 heterocycles. The van der Waals surface area contributed by atoms with Crippen LogP contribution in [-0.2, 0) is 11.2 Å². The van der Waals surface area contributed by atoms with E-state index in [1.165, 1.54) is 17.3 Å². The Morgan fingerprint density at radius 2 is 2.00 bits per heavy atom. The number of nitrogens with one attached hydrogen (secondary N) is 1. The van der Waals surface area contributed by atoms with Gasteiger partial charge in [0, 0.05) is 25.8 Å². The van der Waals surface area contributed by atoms with E-state index in [9.17, 15) is 9.59 Å². The van der Waals surface area contributed by atoms with Gasteiger partial charge >= 0.3 is 0 Å². The number of likely N-dealkylation sites (tertiary alicyclic amines) is 1. The van der Waals surface area contributed by atoms with Crippen LogP contribution in [0.4, 0.5) is 0 Å². The number of carbonyl (C=O) groups is 2. The zero-order chi connectivity index (χ0) is 19.9. The first-order valence-corrected chi connectivity index (χ1v) is 10.9. The topological polar surface area (TPSA) is 62.3 Å². The number of hydrogen-bond donors (Lipinski definition) is 1. The molecule has 1 aromatic heterocycles. The van der Waals surface area contributed by atoms with Crippen LogP contribution in [-0.4, -0.2) is 47.6 Å². The predicted octanol–water partition coefficient (Wildman–Crippen LogP) is 3.32. The molecule has 0 unspecified atom stereocenters. The number of hydrogen-bond acceptors (Lipinski definition) is 4. The van der Waals surface area contributed by atoms with Crippen molar-refractivity contribution in [2.45, 2.75) is 31.2 Å². The molecule has 148 valence electrons. The van der Waals surface area contributed by atoms with E-state index in [2.05, 4.69) is 10.3 Å². The standard InChI is InChI=1S/C22H27N3O2S/c1-16-5-3-6-18(13-16)14-20(26)24-15-17-8-11-25(12-9-17)22(27)19-7-4-10-23-21(19)28-2/h3-7,10,13,17H,8-9,11-12,14-15H2,1-2H3,(H,24,26). The summed E-state index contributed by atoms with van der Waals surface area (Å²) >= 11 is 1.49. The van der Waals surface area contributed by atoms with Crippen molar-refractivity contribution in [2.75, 3.05) is 25.9 Å². The summed E-state index contributed by atoms with van der Waals surface area (Å²) in [6.07, 6.45) is 5.88. The summed E-state index contributed by atoms with van der Waals surface area (Å²) in [5, 5.41) is 3.83. The van der Waals surface area contributed by atoms with E-state index in [1.54, 1.807) is 6.20 Å². The van der Waals surface area contributed by atoms with E-state index < -0.39 is 0 Å². The van der Waals surface area contributed by atoms with Gasteiger partial charge in [0.1, 0.15) is 5.03 Å². The van der Waals surface area contributed by atoms with Gasteiger partial charge in [0.2, 0.25) is 5.91 Å². The number of piperidine rings is 1. The normalized spacial score (nSPS) is 14.7. The van der Waals surface area contributed by atoms with Crippen molar-refractivity contribution in [3.05, 3.63) is 59.3 Å². The van der Waals surface area contributed by atoms with Crippen LogP contribution < -0.4 is 5.32 Å². The molecule has 3 rings (SSSR count). The Labute approximate surface area is 170 Å². The van der Waals surface area contributed by atoms with E-state index in [0.29, 0.717) is 24.4 Å². The molecule has 5 nitrogen and oxygen atoms in total. The molecule has 0 radical (unpaired) electrons. The third kappa shape index (κ3) is 5.35. The van der Waals surface area contributed by atoms with Gasteiger partial charge in [-0.25, -0.2) is 4.98 Å². The Balaban J connectivity index is 1.45. The van der Waals surface area contributed by atoms with E-state index in [4.69, 9.17) is 0 Å². The van der Waals surface area contributed by atoms with Crippen molar-refractivity contribution in [1.82, 2.24) is 15.2 Å². The highest BCUT2D eigenvalue weighted by atomic mass is 32.2. The Bertz CT molecular complexity index is 832. The number of thioether (sulfide) groups is 1. The van der Waals surface area contributed by atoms with Crippen LogP contribution >= 0.6 is 11.8 Å². The summed E-state index contributed by atoms with van der Waals surface area (Å²) in [5.74, 6) is 0.530. The molecule has 1 aromatic carbocycles. The average Bonchev–Trinajstić information content (AvgIpc) is 2.72. The number of aryl methyl sites for hydroxylation is 1. The van der Waals surface area contributed by atoms with Crippen LogP contribution in [0, 0.1) is 12.8 Å². The number of carbonyl (C=O) groups excluding carboxylic acids is 2. The molecular weight excluding hydrogens is 370 g/mol. The zero-order valence-corrected chi connectivity index (χ0v) is 17.3. The highest BCUT2D eigenvalue weighted by molar-refractivity contribution is 7.98. The molecule has 0 spiro atoms. The molecule has 0 bridgehead atoms. The number of rotatable bonds is 6. The third-order valence-corrected chi connectivity index (χ3v) is 5.84. The van der Waals surface area contributed by atoms with Gasteiger partial charge in [0.05, 0.1) is 12.0 Å². The second-order valence-electron chi connectivity index (χ2n) is 7.27. The van der Waals surface area contributed by atoms with E-state index in [0.717, 1.165) is 36.5 Å². The maximum atomic E-state index is 12.8. The van der Waals surface area contributed by atoms with Gasteiger partial charge in [-0.05, 0) is 49.6 Å². The lowest BCUT2D eigenvalue weighted by molar-refractivity contribution is -0.120. The minimum Gasteiger partial charge on any atom is -0.356 e. The lowest BCUT2D eigenvalue weighted by Crippen LogP contribution is -2.42. The SMILES string of the molecule is CSc1ncccc1C(=O)N1CCC(CNC(=O)Cc2cccc(C)c2)CC1. The fourth-order valence-corrected chi connectivity index (χ4v) is 4.10. The molecule has 1 aliphatic rings. The summed E-state index contributed by atoms with van der Waals surface area (Å²) in [7, 11) is 0. The first-order chi connectivity index (χ1) is 13.6. The molecule has 1 saturated heterocycles. The molecule has 1 N–H and O–H groups in total. The quantitative estimate of drug-likeness (QED) is 0.760. The minimum absolute atomic E-state index is 0.0550. The van der Waals surface area contributed by atoms with Crippen molar-refractivity contribution in [1.29, 1.82) is 0 Å². The molecule has 6 heteroatoms. The molecule has 2 aromatic rings. The minimum atomic E-state index is 0.0550. The first-order valence-electron chi connectivity index (χ1n) is 9.67. The summed E-state index contributed by atoms with van der Waals surface area (Å²) in [6, 6.07) is 11.7. The van der Waals surface area contributed by atoms with Crippen molar-refractivity contribution >= 4 is 23.6 Å². The summed E-state index contributed by atoms with van der Waals surface area (Å²) in [6.45, 7) is 4.15. The van der Waals surface area contributed by atoms with Crippen LogP contribution in [0.15, 0.2) is 47.6 Å². The van der Waals surface area contributed by atoms with Gasteiger partial charge in [-0.15, -0.1) is 11.8 Å². The largest absolute Gasteiger partial charge is 0.356 e. The number of aromatic nitrogens is 1. The second kappa shape index (κ2) is 9.73. The number of amides is 2. The molecule has 28 heavy (non-hydrogen) atoms. The molecule has 1 fully saturated rings. The highest BCUT2D eigenvalue weighted by Gasteiger charge is 2.25. The van der Waals surface area contributed by atoms with Crippen molar-refractivity contribution in [3.8, 4) is 0 Å². The first kappa shape index (κ1) is 20.4. The molecule has 0 atom stereocenters. The molecule has 2 amide bonds. The fraction of sp³-hybridized carbons (Fsp3) is 0.409. The fourth-order valence-electron chi connectivity index (χ4n) is 3.55. The van der Waals surface area contributed by atoms with Crippen LogP contribution in [0.3, 0.4) is 0 Å². The van der Waals surface area contributed by atoms with E-state index in [1.807, 2.05) is 54.5 Å². The lowest BCUT2D eigenvalue weighted by Gasteiger charge is -2.32. The van der Waals surface area contributed by atoms with Gasteiger partial charge < -0.3 is 10.2 Å². The third-order valence-electron chi connectivity index (χ3n) is 5.13. The van der Waals surface area contributed by atoms with E-state index in [-0.39, 0.29) is 11.8 Å². The highest BCUT2D eigenvalue weighted by Crippen LogP contribution is 2.22. The van der Waals surface area contributed by atoms with Crippen molar-refractivity contribution in [3.63, 3.8) is 0 Å². The van der Waals surface area contributed by atoms with Crippen LogP contribution in [0.2, 0.25) is 0 Å². The monoisotopic (exact) mass is 397 g/mol. The molecule has 0 aliphatic carbocycles. The lowest BCUT2D eigenvalue weighted by atomic mass is 9.96. The Hall–Kier alpha value is -2.34. The van der Waals surface area contributed by atoms with Crippen LogP contribution in [0.1, 0.15) is 34.3 Å². The smallest absolute Gasteiger partial charge is 0.256 e. The number of pyridine rings is 1. The predicted molar refractivity (Wildman–Crippen MR) is 113 cm³/mol. The van der Waals surface area contributed by atoms with Crippen molar-refractivity contribution < 1.29 is 9.59 Å². The van der Waals surface area contributed by atoms with Gasteiger partial charge in [-0.2, -0.15) is 0 Å². The maximum Gasteiger partial charge on any atom is 0.256 e. The van der Waals surface area contributed by atoms with E-state index >= 15 is 0 Å². The second-order valence-corrected chi connectivity index (χ2v) is 8.06. The van der Waals surface area contributed by atoms with Gasteiger partial charge in [-0.3, -0.25) is 9.59 Å². The number of benzene rings is 1. The number of nitrogens with zero attached hydrogens (tertiary/aromatic N) is 2. The summed E-state index contributed by atoms with van der Waals surface area (Å²) in [4.78, 5) is 31.2. The molecule has 0 saturated carbocycles. The maximum absolute atomic E-state index is 12.8.